The molecule has 1 aromatic heterocycles. The van der Waals surface area contributed by atoms with Gasteiger partial charge in [0.25, 0.3) is 0 Å². The van der Waals surface area contributed by atoms with Gasteiger partial charge in [-0.15, -0.1) is 0 Å². The fraction of sp³-hybridized carbons (Fsp3) is 0.429. The van der Waals surface area contributed by atoms with E-state index in [4.69, 9.17) is 4.43 Å². The van der Waals surface area contributed by atoms with Crippen molar-refractivity contribution < 1.29 is 9.22 Å². The lowest BCUT2D eigenvalue weighted by atomic mass is 9.99. The quantitative estimate of drug-likeness (QED) is 0.737. The van der Waals surface area contributed by atoms with Crippen LogP contribution in [0.1, 0.15) is 26.3 Å². The number of nitrogens with zero attached hydrogens (tertiary/aromatic N) is 2. The molecule has 1 amide bonds. The predicted octanol–water partition coefficient (Wildman–Crippen LogP) is 4.66. The molecule has 1 aliphatic heterocycles. The van der Waals surface area contributed by atoms with E-state index in [-0.39, 0.29) is 10.9 Å². The van der Waals surface area contributed by atoms with Crippen molar-refractivity contribution in [3.8, 4) is 11.1 Å². The molecule has 1 aromatic carbocycles. The highest BCUT2D eigenvalue weighted by Gasteiger charge is 2.37. The lowest BCUT2D eigenvalue weighted by molar-refractivity contribution is -0.118. The van der Waals surface area contributed by atoms with Crippen molar-refractivity contribution >= 4 is 20.0 Å². The first kappa shape index (κ1) is 18.8. The number of carbonyl (C=O) groups excluding carboxylic acids is 1. The van der Waals surface area contributed by atoms with Crippen LogP contribution in [0.5, 0.6) is 0 Å². The van der Waals surface area contributed by atoms with Crippen molar-refractivity contribution in [2.24, 2.45) is 0 Å². The number of pyridine rings is 1. The Morgan fingerprint density at radius 3 is 2.54 bits per heavy atom. The normalized spacial score (nSPS) is 14.7. The lowest BCUT2D eigenvalue weighted by Crippen LogP contribution is -2.44. The zero-order chi connectivity index (χ0) is 18.9. The van der Waals surface area contributed by atoms with Gasteiger partial charge in [0.05, 0.1) is 13.0 Å². The number of aromatic nitrogens is 1. The minimum atomic E-state index is -1.84. The zero-order valence-corrected chi connectivity index (χ0v) is 17.4. The molecular weight excluding hydrogens is 340 g/mol. The number of benzene rings is 1. The minimum Gasteiger partial charge on any atom is -0.415 e. The lowest BCUT2D eigenvalue weighted by Gasteiger charge is -2.36. The van der Waals surface area contributed by atoms with Crippen molar-refractivity contribution in [3.63, 3.8) is 0 Å². The monoisotopic (exact) mass is 368 g/mol. The first-order valence-corrected chi connectivity index (χ1v) is 12.1. The van der Waals surface area contributed by atoms with Crippen LogP contribution in [0.25, 0.3) is 11.1 Å². The van der Waals surface area contributed by atoms with Gasteiger partial charge in [0.1, 0.15) is 5.82 Å². The van der Waals surface area contributed by atoms with Gasteiger partial charge in [-0.1, -0.05) is 45.0 Å². The van der Waals surface area contributed by atoms with Gasteiger partial charge < -0.3 is 4.43 Å². The number of hydrogen-bond acceptors (Lipinski definition) is 3. The molecule has 0 aliphatic carbocycles. The second-order valence-corrected chi connectivity index (χ2v) is 13.2. The Kier molecular flexibility index (Phi) is 5.04. The summed E-state index contributed by atoms with van der Waals surface area (Å²) in [5.74, 6) is 0.815. The third kappa shape index (κ3) is 3.59. The average molecular weight is 369 g/mol. The van der Waals surface area contributed by atoms with Crippen LogP contribution in [0.15, 0.2) is 42.6 Å². The van der Waals surface area contributed by atoms with E-state index >= 15 is 0 Å². The minimum absolute atomic E-state index is 0.0775. The molecule has 0 saturated heterocycles. The van der Waals surface area contributed by atoms with Gasteiger partial charge in [0.15, 0.2) is 8.32 Å². The number of hydrogen-bond donors (Lipinski definition) is 0. The third-order valence-corrected chi connectivity index (χ3v) is 10.1. The van der Waals surface area contributed by atoms with Gasteiger partial charge in [-0.3, -0.25) is 9.69 Å². The standard InChI is InChI=1S/C21H28N2O2Si/c1-21(2,3)26(4,5)25-14-13-23-19(24)15-16-9-6-7-10-17(16)18-11-8-12-22-20(18)23/h6-12H,13-15H2,1-5H3. The van der Waals surface area contributed by atoms with Crippen LogP contribution in [-0.4, -0.2) is 32.4 Å². The van der Waals surface area contributed by atoms with E-state index in [1.165, 1.54) is 0 Å². The fourth-order valence-corrected chi connectivity index (χ4v) is 4.01. The molecule has 0 radical (unpaired) electrons. The molecule has 138 valence electrons. The van der Waals surface area contributed by atoms with Crippen molar-refractivity contribution in [2.75, 3.05) is 18.1 Å². The summed E-state index contributed by atoms with van der Waals surface area (Å²) in [6.07, 6.45) is 2.15. The van der Waals surface area contributed by atoms with Gasteiger partial charge in [-0.2, -0.15) is 0 Å². The summed E-state index contributed by atoms with van der Waals surface area (Å²) < 4.78 is 6.30. The number of anilines is 1. The Morgan fingerprint density at radius 1 is 1.12 bits per heavy atom. The molecule has 0 bridgehead atoms. The summed E-state index contributed by atoms with van der Waals surface area (Å²) in [5.41, 5.74) is 3.16. The van der Waals surface area contributed by atoms with Gasteiger partial charge >= 0.3 is 0 Å². The molecule has 0 atom stereocenters. The zero-order valence-electron chi connectivity index (χ0n) is 16.4. The van der Waals surface area contributed by atoms with Gasteiger partial charge in [0.2, 0.25) is 5.91 Å². The van der Waals surface area contributed by atoms with Crippen LogP contribution in [-0.2, 0) is 15.6 Å². The Labute approximate surface area is 157 Å². The first-order chi connectivity index (χ1) is 12.2. The smallest absolute Gasteiger partial charge is 0.232 e. The number of carbonyl (C=O) groups is 1. The first-order valence-electron chi connectivity index (χ1n) is 9.18. The van der Waals surface area contributed by atoms with Crippen LogP contribution >= 0.6 is 0 Å². The fourth-order valence-electron chi connectivity index (χ4n) is 2.98. The Hall–Kier alpha value is -1.98. The molecular formula is C21H28N2O2Si. The van der Waals surface area contributed by atoms with Crippen LogP contribution in [0.3, 0.4) is 0 Å². The van der Waals surface area contributed by atoms with E-state index in [2.05, 4.69) is 44.9 Å². The van der Waals surface area contributed by atoms with Crippen LogP contribution in [0, 0.1) is 0 Å². The number of rotatable bonds is 4. The summed E-state index contributed by atoms with van der Waals surface area (Å²) in [7, 11) is -1.84. The molecule has 0 saturated carbocycles. The van der Waals surface area contributed by atoms with Crippen molar-refractivity contribution in [1.29, 1.82) is 0 Å². The van der Waals surface area contributed by atoms with Crippen molar-refractivity contribution in [2.45, 2.75) is 45.3 Å². The average Bonchev–Trinajstić information content (AvgIpc) is 2.69. The summed E-state index contributed by atoms with van der Waals surface area (Å²) >= 11 is 0. The predicted molar refractivity (Wildman–Crippen MR) is 109 cm³/mol. The molecule has 3 rings (SSSR count). The summed E-state index contributed by atoms with van der Waals surface area (Å²) in [6, 6.07) is 12.1. The van der Waals surface area contributed by atoms with Crippen LogP contribution < -0.4 is 4.90 Å². The molecule has 2 aromatic rings. The maximum absolute atomic E-state index is 12.9. The molecule has 2 heterocycles. The van der Waals surface area contributed by atoms with Crippen LogP contribution in [0.2, 0.25) is 18.1 Å². The Morgan fingerprint density at radius 2 is 1.81 bits per heavy atom. The van der Waals surface area contributed by atoms with Crippen LogP contribution in [0.4, 0.5) is 5.82 Å². The van der Waals surface area contributed by atoms with E-state index in [1.54, 1.807) is 11.1 Å². The summed E-state index contributed by atoms with van der Waals surface area (Å²) in [5, 5.41) is 0.155. The topological polar surface area (TPSA) is 42.4 Å². The maximum Gasteiger partial charge on any atom is 0.232 e. The Bertz CT molecular complexity index is 812. The third-order valence-electron chi connectivity index (χ3n) is 5.58. The molecule has 4 nitrogen and oxygen atoms in total. The van der Waals surface area contributed by atoms with E-state index in [1.807, 2.05) is 30.3 Å². The second-order valence-electron chi connectivity index (χ2n) is 8.36. The van der Waals surface area contributed by atoms with E-state index in [0.29, 0.717) is 19.6 Å². The molecule has 1 aliphatic rings. The van der Waals surface area contributed by atoms with Crippen molar-refractivity contribution in [3.05, 3.63) is 48.2 Å². The summed E-state index contributed by atoms with van der Waals surface area (Å²) in [6.45, 7) is 12.2. The van der Waals surface area contributed by atoms with Gasteiger partial charge in [0, 0.05) is 18.3 Å². The highest BCUT2D eigenvalue weighted by molar-refractivity contribution is 6.74. The molecule has 0 spiro atoms. The highest BCUT2D eigenvalue weighted by Crippen LogP contribution is 2.37. The highest BCUT2D eigenvalue weighted by atomic mass is 28.4. The molecule has 5 heteroatoms. The molecule has 26 heavy (non-hydrogen) atoms. The summed E-state index contributed by atoms with van der Waals surface area (Å²) in [4.78, 5) is 19.3. The number of amides is 1. The second kappa shape index (κ2) is 6.97. The Balaban J connectivity index is 1.86. The number of fused-ring (bicyclic) bond motifs is 3. The van der Waals surface area contributed by atoms with Gasteiger partial charge in [-0.05, 0) is 41.4 Å². The molecule has 0 N–H and O–H groups in total. The SMILES string of the molecule is CC(C)(C)[Si](C)(C)OCCN1C(=O)Cc2ccccc2-c2cccnc21. The van der Waals surface area contributed by atoms with E-state index in [0.717, 1.165) is 22.5 Å². The van der Waals surface area contributed by atoms with Crippen molar-refractivity contribution in [1.82, 2.24) is 4.98 Å². The van der Waals surface area contributed by atoms with Gasteiger partial charge in [-0.25, -0.2) is 4.98 Å². The molecule has 0 fully saturated rings. The maximum atomic E-state index is 12.9. The molecule has 0 unspecified atom stereocenters. The largest absolute Gasteiger partial charge is 0.415 e. The van der Waals surface area contributed by atoms with E-state index in [9.17, 15) is 4.79 Å². The van der Waals surface area contributed by atoms with E-state index < -0.39 is 8.32 Å².